The molecule has 27 heavy (non-hydrogen) atoms. The summed E-state index contributed by atoms with van der Waals surface area (Å²) in [6.07, 6.45) is 5.93. The van der Waals surface area contributed by atoms with E-state index >= 15 is 0 Å². The number of hydrogen-bond donors (Lipinski definition) is 0. The van der Waals surface area contributed by atoms with Gasteiger partial charge in [0.05, 0.1) is 0 Å². The average Bonchev–Trinajstić information content (AvgIpc) is 2.74. The van der Waals surface area contributed by atoms with Gasteiger partial charge in [-0.25, -0.2) is 9.97 Å². The molecule has 0 atom stereocenters. The third-order valence-corrected chi connectivity index (χ3v) is 4.32. The van der Waals surface area contributed by atoms with E-state index in [1.165, 1.54) is 0 Å². The normalized spacial score (nSPS) is 10.4. The monoisotopic (exact) mass is 361 g/mol. The number of aromatic nitrogens is 3. The van der Waals surface area contributed by atoms with Crippen molar-refractivity contribution < 1.29 is 4.79 Å². The molecule has 3 aromatic rings. The molecule has 6 heteroatoms. The van der Waals surface area contributed by atoms with Crippen LogP contribution in [0.25, 0.3) is 0 Å². The zero-order valence-corrected chi connectivity index (χ0v) is 15.6. The lowest BCUT2D eigenvalue weighted by Gasteiger charge is -2.22. The summed E-state index contributed by atoms with van der Waals surface area (Å²) in [7, 11) is 1.79. The number of amides is 1. The molecule has 0 unspecified atom stereocenters. The lowest BCUT2D eigenvalue weighted by molar-refractivity contribution is 0.0790. The fourth-order valence-corrected chi connectivity index (χ4v) is 2.79. The number of hydrogen-bond acceptors (Lipinski definition) is 5. The first-order valence-corrected chi connectivity index (χ1v) is 8.99. The first-order valence-electron chi connectivity index (χ1n) is 8.99. The van der Waals surface area contributed by atoms with Crippen molar-refractivity contribution in [1.29, 1.82) is 0 Å². The van der Waals surface area contributed by atoms with Gasteiger partial charge in [0.1, 0.15) is 5.69 Å². The Bertz CT molecular complexity index is 870. The van der Waals surface area contributed by atoms with Crippen LogP contribution in [-0.4, -0.2) is 45.9 Å². The molecule has 2 heterocycles. The number of para-hydroxylation sites is 1. The van der Waals surface area contributed by atoms with Crippen molar-refractivity contribution in [3.63, 3.8) is 0 Å². The summed E-state index contributed by atoms with van der Waals surface area (Å²) in [5.74, 6) is 0.411. The molecule has 0 saturated heterocycles. The highest BCUT2D eigenvalue weighted by Crippen LogP contribution is 2.21. The maximum Gasteiger partial charge on any atom is 0.272 e. The van der Waals surface area contributed by atoms with Crippen LogP contribution >= 0.6 is 0 Å². The molecule has 0 radical (unpaired) electrons. The van der Waals surface area contributed by atoms with Crippen LogP contribution in [0.3, 0.4) is 0 Å². The minimum atomic E-state index is -0.114. The van der Waals surface area contributed by atoms with Gasteiger partial charge in [-0.15, -0.1) is 0 Å². The van der Waals surface area contributed by atoms with Gasteiger partial charge in [-0.1, -0.05) is 18.2 Å². The van der Waals surface area contributed by atoms with Crippen molar-refractivity contribution >= 4 is 17.5 Å². The third kappa shape index (κ3) is 4.67. The summed E-state index contributed by atoms with van der Waals surface area (Å²) in [5, 5.41) is 0. The predicted octanol–water partition coefficient (Wildman–Crippen LogP) is 3.34. The predicted molar refractivity (Wildman–Crippen MR) is 106 cm³/mol. The molecule has 138 valence electrons. The van der Waals surface area contributed by atoms with E-state index in [9.17, 15) is 4.79 Å². The first-order chi connectivity index (χ1) is 13.2. The lowest BCUT2D eigenvalue weighted by atomic mass is 10.2. The van der Waals surface area contributed by atoms with Gasteiger partial charge < -0.3 is 9.80 Å². The van der Waals surface area contributed by atoms with Crippen LogP contribution in [0.15, 0.2) is 67.1 Å². The summed E-state index contributed by atoms with van der Waals surface area (Å²) in [6.45, 7) is 3.35. The number of carbonyl (C=O) groups is 1. The van der Waals surface area contributed by atoms with Crippen LogP contribution in [0.4, 0.5) is 11.6 Å². The largest absolute Gasteiger partial charge is 0.340 e. The molecule has 0 spiro atoms. The number of likely N-dealkylation sites (N-methyl/N-ethyl adjacent to an activating group) is 1. The highest BCUT2D eigenvalue weighted by molar-refractivity contribution is 5.92. The van der Waals surface area contributed by atoms with E-state index in [4.69, 9.17) is 0 Å². The summed E-state index contributed by atoms with van der Waals surface area (Å²) in [6, 6.07) is 15.5. The molecule has 0 N–H and O–H groups in total. The minimum absolute atomic E-state index is 0.114. The van der Waals surface area contributed by atoms with E-state index in [0.29, 0.717) is 24.7 Å². The highest BCUT2D eigenvalue weighted by Gasteiger charge is 2.16. The SMILES string of the molecule is CCN(c1ccccc1)c1nccc(C(=O)N(C)CCc2ccncc2)n1. The maximum atomic E-state index is 12.8. The van der Waals surface area contributed by atoms with Gasteiger partial charge in [0.25, 0.3) is 5.91 Å². The number of benzene rings is 1. The topological polar surface area (TPSA) is 62.2 Å². The number of pyridine rings is 1. The van der Waals surface area contributed by atoms with Crippen LogP contribution in [0, 0.1) is 0 Å². The summed E-state index contributed by atoms with van der Waals surface area (Å²) in [4.78, 5) is 29.3. The van der Waals surface area contributed by atoms with Crippen molar-refractivity contribution in [2.24, 2.45) is 0 Å². The van der Waals surface area contributed by atoms with E-state index < -0.39 is 0 Å². The summed E-state index contributed by atoms with van der Waals surface area (Å²) in [5.41, 5.74) is 2.54. The fraction of sp³-hybridized carbons (Fsp3) is 0.238. The summed E-state index contributed by atoms with van der Waals surface area (Å²) >= 11 is 0. The van der Waals surface area contributed by atoms with Gasteiger partial charge >= 0.3 is 0 Å². The van der Waals surface area contributed by atoms with E-state index in [1.54, 1.807) is 36.6 Å². The number of nitrogens with zero attached hydrogens (tertiary/aromatic N) is 5. The van der Waals surface area contributed by atoms with Gasteiger partial charge in [0, 0.05) is 44.4 Å². The van der Waals surface area contributed by atoms with Crippen LogP contribution in [-0.2, 0) is 6.42 Å². The van der Waals surface area contributed by atoms with Crippen LogP contribution in [0.5, 0.6) is 0 Å². The van der Waals surface area contributed by atoms with Gasteiger partial charge in [0.2, 0.25) is 5.95 Å². The smallest absolute Gasteiger partial charge is 0.272 e. The van der Waals surface area contributed by atoms with Gasteiger partial charge in [-0.05, 0) is 49.2 Å². The van der Waals surface area contributed by atoms with Gasteiger partial charge in [0.15, 0.2) is 0 Å². The van der Waals surface area contributed by atoms with Gasteiger partial charge in [-0.3, -0.25) is 9.78 Å². The van der Waals surface area contributed by atoms with E-state index in [-0.39, 0.29) is 5.91 Å². The van der Waals surface area contributed by atoms with E-state index in [2.05, 4.69) is 15.0 Å². The zero-order valence-electron chi connectivity index (χ0n) is 15.6. The Morgan fingerprint density at radius 2 is 1.74 bits per heavy atom. The van der Waals surface area contributed by atoms with Crippen molar-refractivity contribution in [3.05, 3.63) is 78.4 Å². The molecule has 1 aromatic carbocycles. The Labute approximate surface area is 159 Å². The molecule has 3 rings (SSSR count). The van der Waals surface area contributed by atoms with Crippen LogP contribution < -0.4 is 4.90 Å². The average molecular weight is 361 g/mol. The second-order valence-corrected chi connectivity index (χ2v) is 6.15. The number of carbonyl (C=O) groups excluding carboxylic acids is 1. The Morgan fingerprint density at radius 3 is 2.44 bits per heavy atom. The van der Waals surface area contributed by atoms with Crippen molar-refractivity contribution in [2.45, 2.75) is 13.3 Å². The fourth-order valence-electron chi connectivity index (χ4n) is 2.79. The Kier molecular flexibility index (Phi) is 6.10. The van der Waals surface area contributed by atoms with Crippen LogP contribution in [0.2, 0.25) is 0 Å². The number of rotatable bonds is 7. The second-order valence-electron chi connectivity index (χ2n) is 6.15. The van der Waals surface area contributed by atoms with E-state index in [1.807, 2.05) is 54.3 Å². The molecule has 0 fully saturated rings. The molecule has 6 nitrogen and oxygen atoms in total. The molecule has 2 aromatic heterocycles. The molecule has 0 bridgehead atoms. The number of anilines is 2. The highest BCUT2D eigenvalue weighted by atomic mass is 16.2. The minimum Gasteiger partial charge on any atom is -0.340 e. The molecule has 0 aliphatic rings. The maximum absolute atomic E-state index is 12.8. The van der Waals surface area contributed by atoms with Crippen molar-refractivity contribution in [1.82, 2.24) is 19.9 Å². The molecule has 0 saturated carbocycles. The molecule has 0 aliphatic heterocycles. The van der Waals surface area contributed by atoms with E-state index in [0.717, 1.165) is 17.7 Å². The lowest BCUT2D eigenvalue weighted by Crippen LogP contribution is -2.30. The molecular weight excluding hydrogens is 338 g/mol. The third-order valence-electron chi connectivity index (χ3n) is 4.32. The Morgan fingerprint density at radius 1 is 1.00 bits per heavy atom. The quantitative estimate of drug-likeness (QED) is 0.646. The molecular formula is C21H23N5O. The standard InChI is InChI=1S/C21H23N5O/c1-3-26(18-7-5-4-6-8-18)21-23-15-11-19(24-21)20(27)25(2)16-12-17-9-13-22-14-10-17/h4-11,13-15H,3,12,16H2,1-2H3. The van der Waals surface area contributed by atoms with Crippen LogP contribution in [0.1, 0.15) is 23.0 Å². The first kappa shape index (κ1) is 18.5. The Hall–Kier alpha value is -3.28. The second kappa shape index (κ2) is 8.89. The zero-order chi connectivity index (χ0) is 19.1. The molecule has 1 amide bonds. The summed E-state index contributed by atoms with van der Waals surface area (Å²) < 4.78 is 0. The van der Waals surface area contributed by atoms with Gasteiger partial charge in [-0.2, -0.15) is 0 Å². The van der Waals surface area contributed by atoms with Crippen molar-refractivity contribution in [2.75, 3.05) is 25.0 Å². The molecule has 0 aliphatic carbocycles. The van der Waals surface area contributed by atoms with Crippen molar-refractivity contribution in [3.8, 4) is 0 Å². The Balaban J connectivity index is 1.73.